The van der Waals surface area contributed by atoms with Crippen LogP contribution in [0.4, 0.5) is 5.95 Å². The third-order valence-corrected chi connectivity index (χ3v) is 6.99. The van der Waals surface area contributed by atoms with Crippen LogP contribution in [-0.2, 0) is 9.59 Å². The number of allylic oxidation sites excluding steroid dienone is 2. The fourth-order valence-corrected chi connectivity index (χ4v) is 4.88. The molecule has 9 nitrogen and oxygen atoms in total. The minimum Gasteiger partial charge on any atom is -0.356 e. The lowest BCUT2D eigenvalue weighted by atomic mass is 9.85. The number of nitrogens with zero attached hydrogens (tertiary/aromatic N) is 6. The topological polar surface area (TPSA) is 112 Å². The summed E-state index contributed by atoms with van der Waals surface area (Å²) in [7, 11) is 0. The van der Waals surface area contributed by atoms with Gasteiger partial charge in [0.25, 0.3) is 0 Å². The second-order valence-electron chi connectivity index (χ2n) is 9.69. The molecule has 1 aromatic heterocycles. The standard InChI is InChI=1S/C27H37N7O2/c1-20-7-2-3-8-22(20)28-15-16-29-23-11-10-21(19-24(23)33-27-31-12-5-13-32-27)26(36)30-14-6-18-34-17-4-9-25(34)35/h3,5,8,12-13,20-21H,2,4,6-7,9-11,14-19H2,1H3,(H,30,36). The van der Waals surface area contributed by atoms with E-state index in [4.69, 9.17) is 9.98 Å². The third-order valence-electron chi connectivity index (χ3n) is 6.99. The fourth-order valence-electron chi connectivity index (χ4n) is 4.88. The zero-order valence-electron chi connectivity index (χ0n) is 21.2. The zero-order valence-corrected chi connectivity index (χ0v) is 21.2. The molecular formula is C27H37N7O2. The first-order chi connectivity index (χ1) is 17.6. The van der Waals surface area contributed by atoms with Crippen LogP contribution in [0, 0.1) is 11.8 Å². The van der Waals surface area contributed by atoms with Crippen LogP contribution in [0.15, 0.2) is 45.6 Å². The lowest BCUT2D eigenvalue weighted by Crippen LogP contribution is -2.38. The predicted molar refractivity (Wildman–Crippen MR) is 142 cm³/mol. The molecule has 4 rings (SSSR count). The molecule has 192 valence electrons. The van der Waals surface area contributed by atoms with Gasteiger partial charge in [0.05, 0.1) is 24.5 Å². The molecule has 1 saturated heterocycles. The average Bonchev–Trinajstić information content (AvgIpc) is 3.31. The Kier molecular flexibility index (Phi) is 9.47. The summed E-state index contributed by atoms with van der Waals surface area (Å²) in [5.74, 6) is 0.986. The van der Waals surface area contributed by atoms with Gasteiger partial charge in [-0.1, -0.05) is 13.0 Å². The van der Waals surface area contributed by atoms with E-state index in [0.29, 0.717) is 57.3 Å². The molecule has 3 aliphatic rings. The number of amides is 2. The van der Waals surface area contributed by atoms with Gasteiger partial charge in [-0.3, -0.25) is 19.6 Å². The van der Waals surface area contributed by atoms with E-state index in [1.54, 1.807) is 18.5 Å². The van der Waals surface area contributed by atoms with Crippen LogP contribution >= 0.6 is 0 Å². The molecule has 2 heterocycles. The van der Waals surface area contributed by atoms with Crippen molar-refractivity contribution in [3.8, 4) is 0 Å². The van der Waals surface area contributed by atoms with Crippen molar-refractivity contribution in [2.24, 2.45) is 26.8 Å². The van der Waals surface area contributed by atoms with E-state index in [-0.39, 0.29) is 17.7 Å². The van der Waals surface area contributed by atoms with E-state index in [1.807, 2.05) is 4.90 Å². The molecule has 0 radical (unpaired) electrons. The Balaban J connectivity index is 1.34. The number of carbonyl (C=O) groups excluding carboxylic acids is 2. The normalized spacial score (nSPS) is 25.8. The molecule has 2 atom stereocenters. The highest BCUT2D eigenvalue weighted by atomic mass is 16.2. The molecule has 2 amide bonds. The van der Waals surface area contributed by atoms with Crippen LogP contribution in [0.1, 0.15) is 58.3 Å². The molecule has 0 bridgehead atoms. The molecule has 1 aromatic rings. The van der Waals surface area contributed by atoms with Gasteiger partial charge in [0.15, 0.2) is 0 Å². The Morgan fingerprint density at radius 2 is 1.97 bits per heavy atom. The fraction of sp³-hybridized carbons (Fsp3) is 0.593. The number of aromatic nitrogens is 2. The third kappa shape index (κ3) is 7.38. The second-order valence-corrected chi connectivity index (χ2v) is 9.69. The van der Waals surface area contributed by atoms with E-state index in [1.165, 1.54) is 0 Å². The first-order valence-corrected chi connectivity index (χ1v) is 13.2. The minimum absolute atomic E-state index is 0.0351. The quantitative estimate of drug-likeness (QED) is 0.534. The number of aliphatic imine (C=N–C) groups is 3. The first kappa shape index (κ1) is 25.9. The van der Waals surface area contributed by atoms with Gasteiger partial charge in [0, 0.05) is 56.5 Å². The SMILES string of the molecule is CC1CCC=CC1=NCCN=C1CCC(C(=O)NCCCN2CCCC2=O)CC1=Nc1ncccn1. The van der Waals surface area contributed by atoms with E-state index < -0.39 is 0 Å². The second kappa shape index (κ2) is 13.2. The summed E-state index contributed by atoms with van der Waals surface area (Å²) < 4.78 is 0. The van der Waals surface area contributed by atoms with Crippen LogP contribution < -0.4 is 5.32 Å². The summed E-state index contributed by atoms with van der Waals surface area (Å²) in [6.07, 6.45) is 14.2. The Bertz CT molecular complexity index is 1030. The molecule has 2 aliphatic carbocycles. The van der Waals surface area contributed by atoms with Crippen molar-refractivity contribution in [3.63, 3.8) is 0 Å². The monoisotopic (exact) mass is 491 g/mol. The molecule has 9 heteroatoms. The van der Waals surface area contributed by atoms with Gasteiger partial charge in [-0.15, -0.1) is 0 Å². The molecule has 36 heavy (non-hydrogen) atoms. The number of rotatable bonds is 9. The van der Waals surface area contributed by atoms with Gasteiger partial charge in [-0.05, 0) is 56.6 Å². The van der Waals surface area contributed by atoms with Crippen molar-refractivity contribution in [1.82, 2.24) is 20.2 Å². The summed E-state index contributed by atoms with van der Waals surface area (Å²) in [6, 6.07) is 1.76. The molecular weight excluding hydrogens is 454 g/mol. The predicted octanol–water partition coefficient (Wildman–Crippen LogP) is 3.35. The van der Waals surface area contributed by atoms with Gasteiger partial charge >= 0.3 is 0 Å². The van der Waals surface area contributed by atoms with Crippen molar-refractivity contribution in [2.75, 3.05) is 32.7 Å². The van der Waals surface area contributed by atoms with Crippen molar-refractivity contribution in [1.29, 1.82) is 0 Å². The Morgan fingerprint density at radius 3 is 2.75 bits per heavy atom. The van der Waals surface area contributed by atoms with Crippen LogP contribution in [0.2, 0.25) is 0 Å². The summed E-state index contributed by atoms with van der Waals surface area (Å²) in [6.45, 7) is 5.57. The number of likely N-dealkylation sites (tertiary alicyclic amines) is 1. The summed E-state index contributed by atoms with van der Waals surface area (Å²) in [5, 5.41) is 3.06. The smallest absolute Gasteiger partial charge is 0.249 e. The number of hydrogen-bond acceptors (Lipinski definition) is 7. The lowest BCUT2D eigenvalue weighted by molar-refractivity contribution is -0.127. The maximum atomic E-state index is 12.9. The van der Waals surface area contributed by atoms with E-state index in [0.717, 1.165) is 55.8 Å². The Labute approximate surface area is 213 Å². The van der Waals surface area contributed by atoms with Crippen LogP contribution in [-0.4, -0.2) is 76.5 Å². The molecule has 2 fully saturated rings. The Morgan fingerprint density at radius 1 is 1.14 bits per heavy atom. The van der Waals surface area contributed by atoms with Crippen molar-refractivity contribution in [2.45, 2.75) is 58.3 Å². The number of hydrogen-bond donors (Lipinski definition) is 1. The van der Waals surface area contributed by atoms with Crippen molar-refractivity contribution < 1.29 is 9.59 Å². The van der Waals surface area contributed by atoms with Gasteiger partial charge in [0.1, 0.15) is 0 Å². The number of nitrogens with one attached hydrogen (secondary N) is 1. The summed E-state index contributed by atoms with van der Waals surface area (Å²) >= 11 is 0. The lowest BCUT2D eigenvalue weighted by Gasteiger charge is -2.24. The molecule has 1 aliphatic heterocycles. The summed E-state index contributed by atoms with van der Waals surface area (Å²) in [4.78, 5) is 49.2. The van der Waals surface area contributed by atoms with E-state index >= 15 is 0 Å². The maximum Gasteiger partial charge on any atom is 0.249 e. The molecule has 1 saturated carbocycles. The Hall–Kier alpha value is -3.23. The molecule has 0 spiro atoms. The van der Waals surface area contributed by atoms with Gasteiger partial charge in [-0.2, -0.15) is 0 Å². The highest BCUT2D eigenvalue weighted by Crippen LogP contribution is 2.23. The zero-order chi connectivity index (χ0) is 25.2. The average molecular weight is 492 g/mol. The van der Waals surface area contributed by atoms with Crippen LogP contribution in [0.5, 0.6) is 0 Å². The van der Waals surface area contributed by atoms with Crippen molar-refractivity contribution >= 4 is 34.9 Å². The highest BCUT2D eigenvalue weighted by Gasteiger charge is 2.29. The minimum atomic E-state index is -0.159. The first-order valence-electron chi connectivity index (χ1n) is 13.2. The number of carbonyl (C=O) groups is 2. The van der Waals surface area contributed by atoms with E-state index in [2.05, 4.69) is 39.4 Å². The van der Waals surface area contributed by atoms with Gasteiger partial charge in [-0.25, -0.2) is 15.0 Å². The van der Waals surface area contributed by atoms with Crippen LogP contribution in [0.25, 0.3) is 0 Å². The maximum absolute atomic E-state index is 12.9. The van der Waals surface area contributed by atoms with Gasteiger partial charge in [0.2, 0.25) is 17.8 Å². The van der Waals surface area contributed by atoms with E-state index in [9.17, 15) is 9.59 Å². The van der Waals surface area contributed by atoms with Gasteiger partial charge < -0.3 is 10.2 Å². The summed E-state index contributed by atoms with van der Waals surface area (Å²) in [5.41, 5.74) is 2.86. The highest BCUT2D eigenvalue weighted by molar-refractivity contribution is 6.43. The van der Waals surface area contributed by atoms with Crippen LogP contribution in [0.3, 0.4) is 0 Å². The molecule has 2 unspecified atom stereocenters. The molecule has 1 N–H and O–H groups in total. The largest absolute Gasteiger partial charge is 0.356 e. The molecule has 0 aromatic carbocycles. The van der Waals surface area contributed by atoms with Crippen molar-refractivity contribution in [3.05, 3.63) is 30.6 Å².